The number of amides is 1. The van der Waals surface area contributed by atoms with Gasteiger partial charge in [-0.2, -0.15) is 17.4 Å². The van der Waals surface area contributed by atoms with Crippen LogP contribution in [0.25, 0.3) is 10.9 Å². The van der Waals surface area contributed by atoms with Crippen molar-refractivity contribution in [3.8, 4) is 5.75 Å². The predicted molar refractivity (Wildman–Crippen MR) is 151 cm³/mol. The molecule has 4 rings (SSSR count). The minimum atomic E-state index is -4.66. The Morgan fingerprint density at radius 3 is 2.44 bits per heavy atom. The number of alkyl halides is 3. The second-order valence-electron chi connectivity index (χ2n) is 8.51. The number of para-hydroxylation sites is 1. The van der Waals surface area contributed by atoms with Crippen molar-refractivity contribution >= 4 is 45.7 Å². The molecule has 0 aliphatic carbocycles. The van der Waals surface area contributed by atoms with Crippen molar-refractivity contribution in [1.29, 1.82) is 0 Å². The Hall–Kier alpha value is -4.90. The van der Waals surface area contributed by atoms with Crippen LogP contribution in [0.4, 0.5) is 24.8 Å². The molecule has 0 aliphatic heterocycles. The van der Waals surface area contributed by atoms with E-state index in [1.54, 1.807) is 32.9 Å². The van der Waals surface area contributed by atoms with Crippen molar-refractivity contribution in [2.75, 3.05) is 17.5 Å². The number of rotatable bonds is 8. The van der Waals surface area contributed by atoms with Crippen LogP contribution in [0.2, 0.25) is 0 Å². The molecule has 1 unspecified atom stereocenters. The average molecular weight is 621 g/mol. The van der Waals surface area contributed by atoms with E-state index in [-0.39, 0.29) is 12.4 Å². The summed E-state index contributed by atoms with van der Waals surface area (Å²) in [6.07, 6.45) is -3.72. The van der Waals surface area contributed by atoms with Gasteiger partial charge in [0.05, 0.1) is 12.1 Å². The standard InChI is InChI=1S/C13H13F3N4O2S.C13H14N4O3/c1-8-3-4-9(2)10(7-8)22-23(21)20-19-11-5-6-17-12(18-11)13(14,15)16;1-3-20-13(19)12(18)17-16-11-9-6-4-5-7-10(9)14-8(2)15-11/h3-7,20H,1-2H3,(H,17,18,19);4-7H,3H2,1-2H3,(H,17,18)(H,14,15,16). The average Bonchev–Trinajstić information content (AvgIpc) is 2.96. The lowest BCUT2D eigenvalue weighted by Crippen LogP contribution is -2.37. The molecule has 4 N–H and O–H groups in total. The highest BCUT2D eigenvalue weighted by atomic mass is 32.2. The molecule has 1 atom stereocenters. The number of esters is 1. The number of fused-ring (bicyclic) bond motifs is 1. The first-order chi connectivity index (χ1) is 20.4. The smallest absolute Gasteiger partial charge is 0.451 e. The maximum Gasteiger partial charge on any atom is 0.451 e. The third-order valence-corrected chi connectivity index (χ3v) is 5.75. The molecule has 2 aromatic heterocycles. The zero-order valence-corrected chi connectivity index (χ0v) is 24.1. The number of benzene rings is 2. The van der Waals surface area contributed by atoms with E-state index in [0.717, 1.165) is 28.2 Å². The molecule has 0 spiro atoms. The molecule has 0 radical (unpaired) electrons. The van der Waals surface area contributed by atoms with Gasteiger partial charge in [-0.25, -0.2) is 24.7 Å². The summed E-state index contributed by atoms with van der Waals surface area (Å²) in [5.41, 5.74) is 9.58. The van der Waals surface area contributed by atoms with Crippen LogP contribution in [0, 0.1) is 20.8 Å². The van der Waals surface area contributed by atoms with Crippen LogP contribution in [0.15, 0.2) is 54.7 Å². The fourth-order valence-corrected chi connectivity index (χ4v) is 3.78. The van der Waals surface area contributed by atoms with Crippen LogP contribution in [-0.2, 0) is 31.8 Å². The number of nitrogens with zero attached hydrogens (tertiary/aromatic N) is 4. The Morgan fingerprint density at radius 2 is 1.72 bits per heavy atom. The number of hydrogen-bond donors (Lipinski definition) is 4. The van der Waals surface area contributed by atoms with E-state index in [9.17, 15) is 27.0 Å². The zero-order chi connectivity index (χ0) is 31.6. The van der Waals surface area contributed by atoms with E-state index in [1.165, 1.54) is 6.07 Å². The highest BCUT2D eigenvalue weighted by Crippen LogP contribution is 2.26. The molecular weight excluding hydrogens is 593 g/mol. The maximum atomic E-state index is 12.5. The third-order valence-electron chi connectivity index (χ3n) is 5.15. The first-order valence-electron chi connectivity index (χ1n) is 12.4. The van der Waals surface area contributed by atoms with Gasteiger partial charge in [0.15, 0.2) is 5.82 Å². The highest BCUT2D eigenvalue weighted by molar-refractivity contribution is 7.78. The van der Waals surface area contributed by atoms with Gasteiger partial charge in [-0.3, -0.25) is 21.1 Å². The molecule has 228 valence electrons. The molecule has 13 nitrogen and oxygen atoms in total. The second kappa shape index (κ2) is 14.8. The maximum absolute atomic E-state index is 12.5. The van der Waals surface area contributed by atoms with Crippen molar-refractivity contribution in [3.63, 3.8) is 0 Å². The number of carbonyl (C=O) groups excluding carboxylic acids is 2. The number of halogens is 3. The number of hydrogen-bond acceptors (Lipinski definition) is 11. The minimum absolute atomic E-state index is 0.141. The molecule has 0 fully saturated rings. The first-order valence-corrected chi connectivity index (χ1v) is 13.5. The van der Waals surface area contributed by atoms with Crippen molar-refractivity contribution in [1.82, 2.24) is 30.2 Å². The summed E-state index contributed by atoms with van der Waals surface area (Å²) < 4.78 is 59.0. The van der Waals surface area contributed by atoms with Gasteiger partial charge in [0, 0.05) is 17.6 Å². The van der Waals surface area contributed by atoms with Crippen LogP contribution < -0.4 is 25.3 Å². The van der Waals surface area contributed by atoms with Gasteiger partial charge >= 0.3 is 29.3 Å². The molecule has 0 saturated carbocycles. The van der Waals surface area contributed by atoms with Crippen molar-refractivity contribution in [2.45, 2.75) is 33.9 Å². The Kier molecular flexibility index (Phi) is 11.2. The molecule has 2 heterocycles. The number of nitrogens with one attached hydrogen (secondary N) is 4. The van der Waals surface area contributed by atoms with Crippen LogP contribution in [0.5, 0.6) is 5.75 Å². The topological polar surface area (TPSA) is 169 Å². The zero-order valence-electron chi connectivity index (χ0n) is 23.3. The normalized spacial score (nSPS) is 11.5. The molecule has 2 aromatic carbocycles. The van der Waals surface area contributed by atoms with E-state index < -0.39 is 35.1 Å². The molecule has 1 amide bonds. The number of ether oxygens (including phenoxy) is 1. The predicted octanol–water partition coefficient (Wildman–Crippen LogP) is 3.63. The summed E-state index contributed by atoms with van der Waals surface area (Å²) in [4.78, 5) is 39.7. The van der Waals surface area contributed by atoms with E-state index in [4.69, 9.17) is 4.18 Å². The monoisotopic (exact) mass is 620 g/mol. The Balaban J connectivity index is 0.000000238. The molecule has 4 aromatic rings. The molecule has 0 saturated heterocycles. The molecule has 17 heteroatoms. The van der Waals surface area contributed by atoms with Gasteiger partial charge in [0.2, 0.25) is 5.82 Å². The van der Waals surface area contributed by atoms with Crippen LogP contribution in [-0.4, -0.2) is 42.6 Å². The Bertz CT molecular complexity index is 1620. The van der Waals surface area contributed by atoms with Crippen molar-refractivity contribution < 1.29 is 35.9 Å². The summed E-state index contributed by atoms with van der Waals surface area (Å²) in [6.45, 7) is 7.13. The second-order valence-corrected chi connectivity index (χ2v) is 9.35. The molecule has 0 bridgehead atoms. The summed E-state index contributed by atoms with van der Waals surface area (Å²) in [6, 6.07) is 13.9. The van der Waals surface area contributed by atoms with E-state index in [0.29, 0.717) is 17.4 Å². The van der Waals surface area contributed by atoms with Gasteiger partial charge in [-0.15, -0.1) is 4.83 Å². The van der Waals surface area contributed by atoms with E-state index in [1.807, 2.05) is 37.3 Å². The van der Waals surface area contributed by atoms with Crippen molar-refractivity contribution in [3.05, 3.63) is 77.5 Å². The molecule has 43 heavy (non-hydrogen) atoms. The quantitative estimate of drug-likeness (QED) is 0.129. The SMILES string of the molecule is CCOC(=O)C(=O)NNc1nc(C)nc2ccccc12.Cc1ccc(C)c(OS(=O)NNc2ccnc(C(F)(F)F)n2)c1. The number of carbonyl (C=O) groups is 2. The number of aryl methyl sites for hydroxylation is 3. The lowest BCUT2D eigenvalue weighted by molar-refractivity contribution is -0.154. The summed E-state index contributed by atoms with van der Waals surface area (Å²) in [5.74, 6) is -1.95. The first kappa shape index (κ1) is 32.6. The van der Waals surface area contributed by atoms with Crippen LogP contribution >= 0.6 is 0 Å². The van der Waals surface area contributed by atoms with Gasteiger partial charge < -0.3 is 8.92 Å². The summed E-state index contributed by atoms with van der Waals surface area (Å²) in [7, 11) is 0. The fraction of sp³-hybridized carbons (Fsp3) is 0.231. The lowest BCUT2D eigenvalue weighted by atomic mass is 10.1. The number of hydrazine groups is 2. The Morgan fingerprint density at radius 1 is 0.977 bits per heavy atom. The van der Waals surface area contributed by atoms with E-state index in [2.05, 4.69) is 45.8 Å². The van der Waals surface area contributed by atoms with E-state index >= 15 is 0 Å². The van der Waals surface area contributed by atoms with Gasteiger partial charge in [0.1, 0.15) is 17.4 Å². The summed E-state index contributed by atoms with van der Waals surface area (Å²) >= 11 is -2.02. The van der Waals surface area contributed by atoms with Crippen LogP contribution in [0.3, 0.4) is 0 Å². The minimum Gasteiger partial charge on any atom is -0.459 e. The largest absolute Gasteiger partial charge is 0.459 e. The van der Waals surface area contributed by atoms with Crippen molar-refractivity contribution in [2.24, 2.45) is 0 Å². The third kappa shape index (κ3) is 9.86. The highest BCUT2D eigenvalue weighted by Gasteiger charge is 2.34. The molecular formula is C26H27F3N8O5S. The number of aromatic nitrogens is 4. The van der Waals surface area contributed by atoms with Gasteiger partial charge in [0.25, 0.3) is 0 Å². The Labute approximate surface area is 246 Å². The summed E-state index contributed by atoms with van der Waals surface area (Å²) in [5, 5.41) is 0.738. The van der Waals surface area contributed by atoms with Crippen LogP contribution in [0.1, 0.15) is 29.7 Å². The fourth-order valence-electron chi connectivity index (χ4n) is 3.21. The lowest BCUT2D eigenvalue weighted by Gasteiger charge is -2.11. The van der Waals surface area contributed by atoms with Gasteiger partial charge in [-0.05, 0) is 57.0 Å². The number of anilines is 2. The molecule has 0 aliphatic rings. The van der Waals surface area contributed by atoms with Gasteiger partial charge in [-0.1, -0.05) is 24.3 Å².